The van der Waals surface area contributed by atoms with Gasteiger partial charge in [-0.25, -0.2) is 4.98 Å². The molecule has 6 heteroatoms. The molecule has 6 nitrogen and oxygen atoms in total. The molecule has 1 aromatic heterocycles. The van der Waals surface area contributed by atoms with Crippen LogP contribution in [0.5, 0.6) is 5.75 Å². The Balaban J connectivity index is 2.03. The number of hydrogen-bond donors (Lipinski definition) is 3. The minimum absolute atomic E-state index is 0.0309. The van der Waals surface area contributed by atoms with Crippen molar-refractivity contribution >= 4 is 5.91 Å². The molecule has 1 amide bonds. The fourth-order valence-corrected chi connectivity index (χ4v) is 1.87. The number of rotatable bonds is 5. The van der Waals surface area contributed by atoms with Crippen LogP contribution in [0.25, 0.3) is 0 Å². The summed E-state index contributed by atoms with van der Waals surface area (Å²) in [6.07, 6.45) is 1.82. The van der Waals surface area contributed by atoms with Gasteiger partial charge in [0.25, 0.3) is 5.91 Å². The average Bonchev–Trinajstić information content (AvgIpc) is 2.90. The largest absolute Gasteiger partial charge is 0.508 e. The Morgan fingerprint density at radius 3 is 2.67 bits per heavy atom. The second-order valence-corrected chi connectivity index (χ2v) is 5.18. The van der Waals surface area contributed by atoms with Gasteiger partial charge in [-0.15, -0.1) is 0 Å². The number of hydrogen-bond acceptors (Lipinski definition) is 5. The van der Waals surface area contributed by atoms with Crippen LogP contribution in [-0.2, 0) is 6.42 Å². The predicted octanol–water partition coefficient (Wildman–Crippen LogP) is 1.76. The lowest BCUT2D eigenvalue weighted by molar-refractivity contribution is 0.0938. The molecule has 2 rings (SSSR count). The first-order valence-corrected chi connectivity index (χ1v) is 6.75. The van der Waals surface area contributed by atoms with Crippen LogP contribution in [0, 0.1) is 0 Å². The SMILES string of the molecule is CC(C)NC(=O)c1coc(C(N)Cc2ccc(O)cc2)n1. The van der Waals surface area contributed by atoms with Crippen molar-refractivity contribution in [1.82, 2.24) is 10.3 Å². The average molecular weight is 289 g/mol. The topological polar surface area (TPSA) is 101 Å². The zero-order valence-electron chi connectivity index (χ0n) is 12.0. The van der Waals surface area contributed by atoms with E-state index >= 15 is 0 Å². The summed E-state index contributed by atoms with van der Waals surface area (Å²) < 4.78 is 5.28. The molecule has 0 bridgehead atoms. The summed E-state index contributed by atoms with van der Waals surface area (Å²) in [4.78, 5) is 15.9. The number of nitrogens with one attached hydrogen (secondary N) is 1. The Kier molecular flexibility index (Phi) is 4.59. The third kappa shape index (κ3) is 4.06. The van der Waals surface area contributed by atoms with Gasteiger partial charge in [0.15, 0.2) is 5.69 Å². The summed E-state index contributed by atoms with van der Waals surface area (Å²) in [7, 11) is 0. The van der Waals surface area contributed by atoms with Gasteiger partial charge in [-0.1, -0.05) is 12.1 Å². The normalized spacial score (nSPS) is 12.4. The molecule has 0 spiro atoms. The molecule has 0 fully saturated rings. The van der Waals surface area contributed by atoms with Crippen LogP contribution < -0.4 is 11.1 Å². The van der Waals surface area contributed by atoms with Crippen LogP contribution in [0.1, 0.15) is 41.8 Å². The van der Waals surface area contributed by atoms with Crippen molar-refractivity contribution in [2.24, 2.45) is 5.73 Å². The number of nitrogens with zero attached hydrogens (tertiary/aromatic N) is 1. The maximum Gasteiger partial charge on any atom is 0.273 e. The van der Waals surface area contributed by atoms with E-state index in [4.69, 9.17) is 10.2 Å². The van der Waals surface area contributed by atoms with Gasteiger partial charge in [-0.3, -0.25) is 4.79 Å². The summed E-state index contributed by atoms with van der Waals surface area (Å²) in [5.74, 6) is 0.241. The highest BCUT2D eigenvalue weighted by molar-refractivity contribution is 5.92. The van der Waals surface area contributed by atoms with Crippen molar-refractivity contribution in [2.75, 3.05) is 0 Å². The number of phenolic OH excluding ortho intramolecular Hbond substituents is 1. The highest BCUT2D eigenvalue weighted by Crippen LogP contribution is 2.18. The zero-order valence-corrected chi connectivity index (χ0v) is 12.0. The third-order valence-electron chi connectivity index (χ3n) is 2.88. The molecule has 1 heterocycles. The van der Waals surface area contributed by atoms with Crippen LogP contribution in [0.3, 0.4) is 0 Å². The first-order valence-electron chi connectivity index (χ1n) is 6.75. The predicted molar refractivity (Wildman–Crippen MR) is 77.8 cm³/mol. The van der Waals surface area contributed by atoms with Crippen LogP contribution in [0.2, 0.25) is 0 Å². The maximum absolute atomic E-state index is 11.8. The Morgan fingerprint density at radius 2 is 2.05 bits per heavy atom. The number of nitrogens with two attached hydrogens (primary N) is 1. The van der Waals surface area contributed by atoms with Crippen molar-refractivity contribution in [3.05, 3.63) is 47.7 Å². The van der Waals surface area contributed by atoms with Gasteiger partial charge in [-0.05, 0) is 38.0 Å². The summed E-state index contributed by atoms with van der Waals surface area (Å²) in [6, 6.07) is 6.34. The lowest BCUT2D eigenvalue weighted by Crippen LogP contribution is -2.30. The Hall–Kier alpha value is -2.34. The summed E-state index contributed by atoms with van der Waals surface area (Å²) in [6.45, 7) is 3.74. The summed E-state index contributed by atoms with van der Waals surface area (Å²) in [5.41, 5.74) is 7.20. The van der Waals surface area contributed by atoms with Gasteiger partial charge in [0.05, 0.1) is 6.04 Å². The number of aromatic nitrogens is 1. The Morgan fingerprint density at radius 1 is 1.38 bits per heavy atom. The molecule has 0 radical (unpaired) electrons. The van der Waals surface area contributed by atoms with Crippen LogP contribution >= 0.6 is 0 Å². The highest BCUT2D eigenvalue weighted by atomic mass is 16.3. The van der Waals surface area contributed by atoms with Gasteiger partial charge >= 0.3 is 0 Å². The molecule has 0 aliphatic heterocycles. The standard InChI is InChI=1S/C15H19N3O3/c1-9(2)17-14(20)13-8-21-15(18-13)12(16)7-10-3-5-11(19)6-4-10/h3-6,8-9,12,19H,7,16H2,1-2H3,(H,17,20). The third-order valence-corrected chi connectivity index (χ3v) is 2.88. The minimum atomic E-state index is -0.449. The van der Waals surface area contributed by atoms with Gasteiger partial charge in [0, 0.05) is 6.04 Å². The van der Waals surface area contributed by atoms with Crippen molar-refractivity contribution in [1.29, 1.82) is 0 Å². The van der Waals surface area contributed by atoms with E-state index in [0.29, 0.717) is 12.3 Å². The van der Waals surface area contributed by atoms with Gasteiger partial charge in [0.2, 0.25) is 5.89 Å². The molecule has 1 aromatic carbocycles. The van der Waals surface area contributed by atoms with E-state index in [1.54, 1.807) is 24.3 Å². The number of phenols is 1. The first kappa shape index (κ1) is 15.1. The number of oxazole rings is 1. The van der Waals surface area contributed by atoms with E-state index in [9.17, 15) is 9.90 Å². The molecular weight excluding hydrogens is 270 g/mol. The van der Waals surface area contributed by atoms with Crippen molar-refractivity contribution in [3.8, 4) is 5.75 Å². The Labute approximate surface area is 123 Å². The van der Waals surface area contributed by atoms with Crippen LogP contribution in [0.4, 0.5) is 0 Å². The molecule has 21 heavy (non-hydrogen) atoms. The number of carbonyl (C=O) groups excluding carboxylic acids is 1. The molecule has 2 aromatic rings. The molecular formula is C15H19N3O3. The first-order chi connectivity index (χ1) is 9.95. The maximum atomic E-state index is 11.8. The van der Waals surface area contributed by atoms with Crippen molar-refractivity contribution < 1.29 is 14.3 Å². The lowest BCUT2D eigenvalue weighted by Gasteiger charge is -2.07. The monoisotopic (exact) mass is 289 g/mol. The van der Waals surface area contributed by atoms with E-state index in [-0.39, 0.29) is 23.4 Å². The number of amides is 1. The Bertz CT molecular complexity index is 605. The van der Waals surface area contributed by atoms with Gasteiger partial charge in [0.1, 0.15) is 12.0 Å². The van der Waals surface area contributed by atoms with Crippen LogP contribution in [0.15, 0.2) is 34.9 Å². The van der Waals surface area contributed by atoms with E-state index in [0.717, 1.165) is 5.56 Å². The second-order valence-electron chi connectivity index (χ2n) is 5.18. The van der Waals surface area contributed by atoms with E-state index < -0.39 is 6.04 Å². The van der Waals surface area contributed by atoms with Crippen LogP contribution in [-0.4, -0.2) is 22.0 Å². The van der Waals surface area contributed by atoms with Crippen molar-refractivity contribution in [2.45, 2.75) is 32.4 Å². The van der Waals surface area contributed by atoms with Crippen molar-refractivity contribution in [3.63, 3.8) is 0 Å². The molecule has 0 saturated carbocycles. The molecule has 0 aliphatic rings. The van der Waals surface area contributed by atoms with E-state index in [1.807, 2.05) is 13.8 Å². The van der Waals surface area contributed by atoms with E-state index in [1.165, 1.54) is 6.26 Å². The van der Waals surface area contributed by atoms with E-state index in [2.05, 4.69) is 10.3 Å². The highest BCUT2D eigenvalue weighted by Gasteiger charge is 2.17. The second kappa shape index (κ2) is 6.41. The molecule has 1 unspecified atom stereocenters. The summed E-state index contributed by atoms with van der Waals surface area (Å²) in [5, 5.41) is 12.0. The molecule has 0 saturated heterocycles. The molecule has 0 aliphatic carbocycles. The molecule has 1 atom stereocenters. The molecule has 4 N–H and O–H groups in total. The molecule has 112 valence electrons. The smallest absolute Gasteiger partial charge is 0.273 e. The minimum Gasteiger partial charge on any atom is -0.508 e. The number of aromatic hydroxyl groups is 1. The number of benzene rings is 1. The fourth-order valence-electron chi connectivity index (χ4n) is 1.87. The number of carbonyl (C=O) groups is 1. The quantitative estimate of drug-likeness (QED) is 0.778. The van der Waals surface area contributed by atoms with Gasteiger partial charge < -0.3 is 20.6 Å². The zero-order chi connectivity index (χ0) is 15.4. The van der Waals surface area contributed by atoms with Gasteiger partial charge in [-0.2, -0.15) is 0 Å². The summed E-state index contributed by atoms with van der Waals surface area (Å²) >= 11 is 0. The fraction of sp³-hybridized carbons (Fsp3) is 0.333. The lowest BCUT2D eigenvalue weighted by atomic mass is 10.1.